The number of Topliss-reactive ketones (excluding diaryl/α,β-unsaturated/α-hetero) is 1. The zero-order valence-corrected chi connectivity index (χ0v) is 24.5. The summed E-state index contributed by atoms with van der Waals surface area (Å²) in [5.41, 5.74) is 6.68. The molecule has 0 bridgehead atoms. The molecule has 0 amide bonds. The van der Waals surface area contributed by atoms with E-state index in [-0.39, 0.29) is 5.78 Å². The molecule has 0 saturated heterocycles. The minimum absolute atomic E-state index is 0.207. The number of benzene rings is 2. The van der Waals surface area contributed by atoms with Crippen molar-refractivity contribution in [3.63, 3.8) is 0 Å². The van der Waals surface area contributed by atoms with Crippen molar-refractivity contribution in [2.75, 3.05) is 36.0 Å². The Bertz CT molecular complexity index is 933. The number of carbonyl (C=O) groups is 1. The fraction of sp³-hybridized carbons (Fsp3) is 0.514. The molecule has 0 aliphatic heterocycles. The van der Waals surface area contributed by atoms with Gasteiger partial charge in [-0.15, -0.1) is 0 Å². The molecule has 38 heavy (non-hydrogen) atoms. The Morgan fingerprint density at radius 1 is 0.553 bits per heavy atom. The number of nitrogens with zero attached hydrogens (tertiary/aromatic N) is 2. The van der Waals surface area contributed by atoms with Gasteiger partial charge in [-0.2, -0.15) is 0 Å². The Kier molecular flexibility index (Phi) is 12.7. The fourth-order valence-electron chi connectivity index (χ4n) is 5.08. The molecule has 1 fully saturated rings. The summed E-state index contributed by atoms with van der Waals surface area (Å²) in [5, 5.41) is 0. The number of hydrogen-bond acceptors (Lipinski definition) is 3. The number of hydrogen-bond donors (Lipinski definition) is 0. The summed E-state index contributed by atoms with van der Waals surface area (Å²) >= 11 is 0. The van der Waals surface area contributed by atoms with Crippen LogP contribution < -0.4 is 9.80 Å². The molecule has 0 unspecified atom stereocenters. The maximum atomic E-state index is 13.2. The number of allylic oxidation sites excluding steroid dienone is 2. The predicted octanol–water partition coefficient (Wildman–Crippen LogP) is 9.33. The number of anilines is 2. The molecule has 0 aromatic heterocycles. The quantitative estimate of drug-likeness (QED) is 0.208. The SMILES string of the molecule is CCCCN(CCCC)c1ccc(C=C2CCC(=Cc3ccc(N(CCCC)CCCC)cc3)C2=O)cc1. The Labute approximate surface area is 232 Å². The van der Waals surface area contributed by atoms with Crippen LogP contribution in [-0.2, 0) is 4.79 Å². The molecule has 1 saturated carbocycles. The molecule has 3 nitrogen and oxygen atoms in total. The molecule has 1 aliphatic rings. The lowest BCUT2D eigenvalue weighted by Gasteiger charge is -2.24. The molecule has 1 aliphatic carbocycles. The van der Waals surface area contributed by atoms with E-state index >= 15 is 0 Å². The van der Waals surface area contributed by atoms with Gasteiger partial charge in [-0.3, -0.25) is 4.79 Å². The van der Waals surface area contributed by atoms with Gasteiger partial charge in [0, 0.05) is 48.7 Å². The molecule has 3 rings (SSSR count). The van der Waals surface area contributed by atoms with Gasteiger partial charge in [-0.25, -0.2) is 0 Å². The monoisotopic (exact) mass is 514 g/mol. The number of carbonyl (C=O) groups excluding carboxylic acids is 1. The highest BCUT2D eigenvalue weighted by Crippen LogP contribution is 2.30. The zero-order chi connectivity index (χ0) is 27.2. The molecule has 206 valence electrons. The molecule has 0 heterocycles. The Morgan fingerprint density at radius 2 is 0.868 bits per heavy atom. The fourth-order valence-corrected chi connectivity index (χ4v) is 5.08. The van der Waals surface area contributed by atoms with E-state index in [2.05, 4.69) is 98.2 Å². The van der Waals surface area contributed by atoms with Crippen molar-refractivity contribution in [1.82, 2.24) is 0 Å². The highest BCUT2D eigenvalue weighted by atomic mass is 16.1. The molecular formula is C35H50N2O. The van der Waals surface area contributed by atoms with E-state index in [4.69, 9.17) is 0 Å². The summed E-state index contributed by atoms with van der Waals surface area (Å²) in [6.07, 6.45) is 15.6. The third kappa shape index (κ3) is 8.89. The zero-order valence-electron chi connectivity index (χ0n) is 24.5. The highest BCUT2D eigenvalue weighted by Gasteiger charge is 2.23. The predicted molar refractivity (Wildman–Crippen MR) is 167 cm³/mol. The third-order valence-corrected chi connectivity index (χ3v) is 7.57. The molecule has 0 spiro atoms. The second kappa shape index (κ2) is 16.2. The van der Waals surface area contributed by atoms with Crippen LogP contribution in [0, 0.1) is 0 Å². The molecule has 0 atom stereocenters. The first kappa shape index (κ1) is 29.7. The van der Waals surface area contributed by atoms with E-state index < -0.39 is 0 Å². The summed E-state index contributed by atoms with van der Waals surface area (Å²) in [4.78, 5) is 18.2. The van der Waals surface area contributed by atoms with Crippen LogP contribution in [0.25, 0.3) is 12.2 Å². The Hall–Kier alpha value is -2.81. The van der Waals surface area contributed by atoms with Crippen molar-refractivity contribution >= 4 is 29.3 Å². The smallest absolute Gasteiger partial charge is 0.185 e. The van der Waals surface area contributed by atoms with Crippen molar-refractivity contribution in [2.45, 2.75) is 91.9 Å². The van der Waals surface area contributed by atoms with Crippen LogP contribution in [0.1, 0.15) is 103 Å². The summed E-state index contributed by atoms with van der Waals surface area (Å²) in [7, 11) is 0. The average Bonchev–Trinajstić information content (AvgIpc) is 3.28. The summed E-state index contributed by atoms with van der Waals surface area (Å²) in [5.74, 6) is 0.207. The molecule has 0 radical (unpaired) electrons. The van der Waals surface area contributed by atoms with Gasteiger partial charge < -0.3 is 9.80 Å². The van der Waals surface area contributed by atoms with Crippen molar-refractivity contribution in [3.8, 4) is 0 Å². The molecule has 0 N–H and O–H groups in total. The van der Waals surface area contributed by atoms with Gasteiger partial charge in [0.15, 0.2) is 5.78 Å². The first-order valence-corrected chi connectivity index (χ1v) is 15.2. The van der Waals surface area contributed by atoms with Crippen LogP contribution in [0.15, 0.2) is 59.7 Å². The summed E-state index contributed by atoms with van der Waals surface area (Å²) in [6, 6.07) is 17.6. The lowest BCUT2D eigenvalue weighted by atomic mass is 10.1. The van der Waals surface area contributed by atoms with Crippen LogP contribution in [0.5, 0.6) is 0 Å². The number of unbranched alkanes of at least 4 members (excludes halogenated alkanes) is 4. The van der Waals surface area contributed by atoms with Gasteiger partial charge in [0.2, 0.25) is 0 Å². The first-order valence-electron chi connectivity index (χ1n) is 15.2. The second-order valence-electron chi connectivity index (χ2n) is 10.7. The normalized spacial score (nSPS) is 15.5. The van der Waals surface area contributed by atoms with Gasteiger partial charge in [0.25, 0.3) is 0 Å². The van der Waals surface area contributed by atoms with Crippen LogP contribution >= 0.6 is 0 Å². The van der Waals surface area contributed by atoms with Gasteiger partial charge in [-0.05, 0) is 86.1 Å². The summed E-state index contributed by atoms with van der Waals surface area (Å²) < 4.78 is 0. The minimum Gasteiger partial charge on any atom is -0.372 e. The third-order valence-electron chi connectivity index (χ3n) is 7.57. The van der Waals surface area contributed by atoms with E-state index in [0.717, 1.165) is 61.3 Å². The highest BCUT2D eigenvalue weighted by molar-refractivity contribution is 6.15. The van der Waals surface area contributed by atoms with Crippen LogP contribution in [0.4, 0.5) is 11.4 Å². The van der Waals surface area contributed by atoms with Gasteiger partial charge in [0.05, 0.1) is 0 Å². The standard InChI is InChI=1S/C35H50N2O/c1-5-9-23-36(24-10-6-2)33-19-13-29(14-20-33)27-31-17-18-32(35(31)38)28-30-15-21-34(22-16-30)37(25-11-7-3)26-12-8-4/h13-16,19-22,27-28H,5-12,17-18,23-26H2,1-4H3. The minimum atomic E-state index is 0.207. The Morgan fingerprint density at radius 3 is 1.16 bits per heavy atom. The van der Waals surface area contributed by atoms with E-state index in [9.17, 15) is 4.79 Å². The molecule has 2 aromatic rings. The lowest BCUT2D eigenvalue weighted by Crippen LogP contribution is -2.25. The van der Waals surface area contributed by atoms with Crippen LogP contribution in [0.2, 0.25) is 0 Å². The molecule has 3 heteroatoms. The van der Waals surface area contributed by atoms with Crippen LogP contribution in [-0.4, -0.2) is 32.0 Å². The maximum absolute atomic E-state index is 13.2. The van der Waals surface area contributed by atoms with Crippen molar-refractivity contribution < 1.29 is 4.79 Å². The maximum Gasteiger partial charge on any atom is 0.185 e. The average molecular weight is 515 g/mol. The van der Waals surface area contributed by atoms with Gasteiger partial charge >= 0.3 is 0 Å². The molecular weight excluding hydrogens is 464 g/mol. The number of rotatable bonds is 16. The van der Waals surface area contributed by atoms with Gasteiger partial charge in [-0.1, -0.05) is 77.6 Å². The Balaban J connectivity index is 1.66. The van der Waals surface area contributed by atoms with Crippen LogP contribution in [0.3, 0.4) is 0 Å². The lowest BCUT2D eigenvalue weighted by molar-refractivity contribution is -0.111. The largest absolute Gasteiger partial charge is 0.372 e. The van der Waals surface area contributed by atoms with E-state index in [1.54, 1.807) is 0 Å². The van der Waals surface area contributed by atoms with Crippen molar-refractivity contribution in [3.05, 3.63) is 70.8 Å². The topological polar surface area (TPSA) is 23.6 Å². The number of ketones is 1. The first-order chi connectivity index (χ1) is 18.6. The second-order valence-corrected chi connectivity index (χ2v) is 10.7. The van der Waals surface area contributed by atoms with E-state index in [0.29, 0.717) is 0 Å². The molecule has 2 aromatic carbocycles. The van der Waals surface area contributed by atoms with Crippen molar-refractivity contribution in [2.24, 2.45) is 0 Å². The summed E-state index contributed by atoms with van der Waals surface area (Å²) in [6.45, 7) is 13.4. The van der Waals surface area contributed by atoms with Gasteiger partial charge in [0.1, 0.15) is 0 Å². The van der Waals surface area contributed by atoms with Crippen molar-refractivity contribution in [1.29, 1.82) is 0 Å². The van der Waals surface area contributed by atoms with E-state index in [1.807, 2.05) is 0 Å². The van der Waals surface area contributed by atoms with E-state index in [1.165, 1.54) is 62.7 Å².